The zero-order valence-electron chi connectivity index (χ0n) is 13.6. The van der Waals surface area contributed by atoms with Gasteiger partial charge in [0, 0.05) is 5.56 Å². The van der Waals surface area contributed by atoms with E-state index in [1.54, 1.807) is 12.1 Å². The molecule has 0 atom stereocenters. The maximum atomic E-state index is 12.7. The number of amides is 1. The Balaban J connectivity index is 1.89. The minimum absolute atomic E-state index is 0.221. The van der Waals surface area contributed by atoms with Crippen LogP contribution in [-0.4, -0.2) is 12.2 Å². The van der Waals surface area contributed by atoms with Gasteiger partial charge in [0.25, 0.3) is 5.91 Å². The second kappa shape index (κ2) is 7.88. The molecular weight excluding hydrogens is 310 g/mol. The molecule has 3 aromatic carbocycles. The fourth-order valence-electron chi connectivity index (χ4n) is 2.58. The Labute approximate surface area is 146 Å². The first-order chi connectivity index (χ1) is 12.3. The third-order valence-corrected chi connectivity index (χ3v) is 3.76. The Morgan fingerprint density at radius 3 is 2.04 bits per heavy atom. The summed E-state index contributed by atoms with van der Waals surface area (Å²) in [5.41, 5.74) is 3.37. The molecule has 0 heterocycles. The van der Waals surface area contributed by atoms with Gasteiger partial charge in [-0.1, -0.05) is 78.9 Å². The van der Waals surface area contributed by atoms with Crippen molar-refractivity contribution >= 4 is 18.3 Å². The topological polar surface area (TPSA) is 46.2 Å². The summed E-state index contributed by atoms with van der Waals surface area (Å²) in [6.07, 6.45) is 2.30. The molecule has 1 amide bonds. The van der Waals surface area contributed by atoms with Gasteiger partial charge in [0.05, 0.1) is 5.70 Å². The van der Waals surface area contributed by atoms with Crippen LogP contribution in [0, 0.1) is 0 Å². The van der Waals surface area contributed by atoms with Gasteiger partial charge in [0.2, 0.25) is 0 Å². The highest BCUT2D eigenvalue weighted by Crippen LogP contribution is 2.23. The van der Waals surface area contributed by atoms with Crippen molar-refractivity contribution in [1.82, 2.24) is 5.32 Å². The number of carbonyl (C=O) groups excluding carboxylic acids is 2. The number of carbonyl (C=O) groups is 2. The van der Waals surface area contributed by atoms with Crippen LogP contribution >= 0.6 is 0 Å². The van der Waals surface area contributed by atoms with E-state index in [1.165, 1.54) is 0 Å². The summed E-state index contributed by atoms with van der Waals surface area (Å²) < 4.78 is 0. The maximum Gasteiger partial charge on any atom is 0.256 e. The Kier molecular flexibility index (Phi) is 5.17. The highest BCUT2D eigenvalue weighted by molar-refractivity contribution is 6.04. The number of rotatable bonds is 5. The lowest BCUT2D eigenvalue weighted by atomic mass is 9.99. The molecule has 0 aliphatic heterocycles. The van der Waals surface area contributed by atoms with Crippen LogP contribution in [-0.2, 0) is 4.79 Å². The monoisotopic (exact) mass is 327 g/mol. The van der Waals surface area contributed by atoms with Crippen molar-refractivity contribution in [2.24, 2.45) is 0 Å². The van der Waals surface area contributed by atoms with Gasteiger partial charge in [-0.2, -0.15) is 0 Å². The Hall–Kier alpha value is -3.46. The highest BCUT2D eigenvalue weighted by Gasteiger charge is 2.13. The van der Waals surface area contributed by atoms with Gasteiger partial charge in [0.15, 0.2) is 6.29 Å². The average Bonchev–Trinajstić information content (AvgIpc) is 2.69. The van der Waals surface area contributed by atoms with Crippen molar-refractivity contribution in [3.63, 3.8) is 0 Å². The molecule has 25 heavy (non-hydrogen) atoms. The standard InChI is InChI=1S/C22H17NO2/c24-16-19(15-17-9-3-1-4-10-17)23-22(25)21-14-8-7-13-20(21)18-11-5-2-6-12-18/h1-16H,(H,23,25)/b19-15+. The van der Waals surface area contributed by atoms with Crippen LogP contribution in [0.5, 0.6) is 0 Å². The largest absolute Gasteiger partial charge is 0.319 e. The molecule has 0 unspecified atom stereocenters. The Morgan fingerprint density at radius 2 is 1.36 bits per heavy atom. The van der Waals surface area contributed by atoms with E-state index in [-0.39, 0.29) is 11.6 Å². The molecule has 0 aromatic heterocycles. The number of hydrogen-bond donors (Lipinski definition) is 1. The molecule has 122 valence electrons. The number of nitrogens with one attached hydrogen (secondary N) is 1. The molecule has 0 saturated heterocycles. The van der Waals surface area contributed by atoms with Crippen LogP contribution in [0.1, 0.15) is 15.9 Å². The van der Waals surface area contributed by atoms with Crippen molar-refractivity contribution in [2.45, 2.75) is 0 Å². The van der Waals surface area contributed by atoms with E-state index in [9.17, 15) is 9.59 Å². The summed E-state index contributed by atoms with van der Waals surface area (Å²) in [6, 6.07) is 26.4. The molecule has 0 saturated carbocycles. The number of hydrogen-bond acceptors (Lipinski definition) is 2. The van der Waals surface area contributed by atoms with Crippen LogP contribution in [0.2, 0.25) is 0 Å². The predicted octanol–water partition coefficient (Wildman–Crippen LogP) is 4.32. The normalized spacial score (nSPS) is 11.0. The van der Waals surface area contributed by atoms with E-state index in [4.69, 9.17) is 0 Å². The molecule has 1 N–H and O–H groups in total. The van der Waals surface area contributed by atoms with Crippen LogP contribution in [0.15, 0.2) is 90.6 Å². The number of aldehydes is 1. The molecule has 3 rings (SSSR count). The summed E-state index contributed by atoms with van der Waals surface area (Å²) >= 11 is 0. The van der Waals surface area contributed by atoms with E-state index < -0.39 is 0 Å². The van der Waals surface area contributed by atoms with E-state index in [0.717, 1.165) is 16.7 Å². The minimum Gasteiger partial charge on any atom is -0.319 e. The van der Waals surface area contributed by atoms with Crippen LogP contribution < -0.4 is 5.32 Å². The molecule has 0 spiro atoms. The fraction of sp³-hybridized carbons (Fsp3) is 0. The lowest BCUT2D eigenvalue weighted by molar-refractivity contribution is -0.105. The third kappa shape index (κ3) is 4.09. The zero-order valence-corrected chi connectivity index (χ0v) is 13.6. The molecule has 0 aliphatic rings. The lowest BCUT2D eigenvalue weighted by Crippen LogP contribution is -2.24. The fourth-order valence-corrected chi connectivity index (χ4v) is 2.58. The first-order valence-corrected chi connectivity index (χ1v) is 7.95. The average molecular weight is 327 g/mol. The van der Waals surface area contributed by atoms with E-state index in [0.29, 0.717) is 11.8 Å². The smallest absolute Gasteiger partial charge is 0.256 e. The molecular formula is C22H17NO2. The molecule has 0 fully saturated rings. The molecule has 0 aliphatic carbocycles. The maximum absolute atomic E-state index is 12.7. The van der Waals surface area contributed by atoms with E-state index in [1.807, 2.05) is 78.9 Å². The van der Waals surface area contributed by atoms with Gasteiger partial charge in [-0.05, 0) is 28.8 Å². The minimum atomic E-state index is -0.311. The second-order valence-corrected chi connectivity index (χ2v) is 5.49. The van der Waals surface area contributed by atoms with Crippen LogP contribution in [0.4, 0.5) is 0 Å². The van der Waals surface area contributed by atoms with Crippen molar-refractivity contribution in [3.05, 3.63) is 102 Å². The molecule has 0 bridgehead atoms. The van der Waals surface area contributed by atoms with Gasteiger partial charge < -0.3 is 5.32 Å². The molecule has 3 aromatic rings. The summed E-state index contributed by atoms with van der Waals surface area (Å²) in [4.78, 5) is 24.0. The summed E-state index contributed by atoms with van der Waals surface area (Å²) in [6.45, 7) is 0. The van der Waals surface area contributed by atoms with Crippen molar-refractivity contribution in [1.29, 1.82) is 0 Å². The zero-order chi connectivity index (χ0) is 17.5. The van der Waals surface area contributed by atoms with E-state index >= 15 is 0 Å². The summed E-state index contributed by atoms with van der Waals surface area (Å²) in [5.74, 6) is -0.311. The second-order valence-electron chi connectivity index (χ2n) is 5.49. The number of allylic oxidation sites excluding steroid dienone is 1. The van der Waals surface area contributed by atoms with Crippen molar-refractivity contribution in [2.75, 3.05) is 0 Å². The Bertz CT molecular complexity index is 900. The molecule has 3 heteroatoms. The quantitative estimate of drug-likeness (QED) is 0.560. The van der Waals surface area contributed by atoms with Gasteiger partial charge in [-0.25, -0.2) is 0 Å². The van der Waals surface area contributed by atoms with E-state index in [2.05, 4.69) is 5.32 Å². The van der Waals surface area contributed by atoms with Gasteiger partial charge in [-0.15, -0.1) is 0 Å². The van der Waals surface area contributed by atoms with Crippen molar-refractivity contribution in [3.8, 4) is 11.1 Å². The number of benzene rings is 3. The first kappa shape index (κ1) is 16.4. The summed E-state index contributed by atoms with van der Waals surface area (Å²) in [5, 5.41) is 2.70. The first-order valence-electron chi connectivity index (χ1n) is 7.95. The van der Waals surface area contributed by atoms with Gasteiger partial charge >= 0.3 is 0 Å². The molecule has 0 radical (unpaired) electrons. The van der Waals surface area contributed by atoms with Gasteiger partial charge in [-0.3, -0.25) is 9.59 Å². The van der Waals surface area contributed by atoms with Crippen molar-refractivity contribution < 1.29 is 9.59 Å². The van der Waals surface area contributed by atoms with Crippen LogP contribution in [0.3, 0.4) is 0 Å². The SMILES string of the molecule is O=C/C(=C\c1ccccc1)NC(=O)c1ccccc1-c1ccccc1. The lowest BCUT2D eigenvalue weighted by Gasteiger charge is -2.10. The molecule has 3 nitrogen and oxygen atoms in total. The predicted molar refractivity (Wildman–Crippen MR) is 99.8 cm³/mol. The Morgan fingerprint density at radius 1 is 0.760 bits per heavy atom. The summed E-state index contributed by atoms with van der Waals surface area (Å²) in [7, 11) is 0. The highest BCUT2D eigenvalue weighted by atomic mass is 16.2. The third-order valence-electron chi connectivity index (χ3n) is 3.76. The van der Waals surface area contributed by atoms with Gasteiger partial charge in [0.1, 0.15) is 0 Å². The van der Waals surface area contributed by atoms with Crippen LogP contribution in [0.25, 0.3) is 17.2 Å².